The number of benzene rings is 10. The van der Waals surface area contributed by atoms with Gasteiger partial charge in [0.2, 0.25) is 0 Å². The number of hydrogen-bond donors (Lipinski definition) is 0. The maximum atomic E-state index is 2.47. The lowest BCUT2D eigenvalue weighted by molar-refractivity contribution is 1.18. The molecule has 272 valence electrons. The van der Waals surface area contributed by atoms with E-state index in [1.807, 2.05) is 0 Å². The number of anilines is 3. The van der Waals surface area contributed by atoms with Crippen LogP contribution in [0, 0.1) is 0 Å². The van der Waals surface area contributed by atoms with Crippen LogP contribution in [-0.2, 0) is 0 Å². The highest BCUT2D eigenvalue weighted by Gasteiger charge is 2.22. The van der Waals surface area contributed by atoms with Crippen molar-refractivity contribution < 1.29 is 0 Å². The van der Waals surface area contributed by atoms with Gasteiger partial charge in [-0.2, -0.15) is 0 Å². The monoisotopic (exact) mass is 738 g/mol. The Kier molecular flexibility index (Phi) is 8.19. The number of para-hydroxylation sites is 3. The summed E-state index contributed by atoms with van der Waals surface area (Å²) in [6.07, 6.45) is 0. The summed E-state index contributed by atoms with van der Waals surface area (Å²) in [6.45, 7) is 0. The number of hydrogen-bond acceptors (Lipinski definition) is 1. The molecule has 0 aliphatic heterocycles. The second-order valence-electron chi connectivity index (χ2n) is 14.9. The standard InChI is InChI=1S/C56H38N2/c1-2-16-39(17-3-1)40-32-34-43(35-33-40)47-24-8-11-28-52(47)57(53-31-15-21-42-19-5-7-23-46(42)53)44-36-37-51-50-26-10-13-30-55(50)58(56(51)38-44)54-29-12-9-25-49(54)48-27-14-20-41-18-4-6-22-45(41)48/h1-38H. The summed E-state index contributed by atoms with van der Waals surface area (Å²) in [4.78, 5) is 2.46. The molecule has 0 amide bonds. The van der Waals surface area contributed by atoms with Crippen LogP contribution in [0.25, 0.3) is 82.4 Å². The molecular formula is C56H38N2. The molecule has 0 unspecified atom stereocenters. The van der Waals surface area contributed by atoms with Gasteiger partial charge in [0.25, 0.3) is 0 Å². The van der Waals surface area contributed by atoms with Crippen molar-refractivity contribution in [2.45, 2.75) is 0 Å². The summed E-state index contributed by atoms with van der Waals surface area (Å²) >= 11 is 0. The highest BCUT2D eigenvalue weighted by Crippen LogP contribution is 2.46. The Labute approximate surface area is 338 Å². The molecule has 0 bridgehead atoms. The molecule has 0 spiro atoms. The number of rotatable bonds is 7. The fraction of sp³-hybridized carbons (Fsp3) is 0. The smallest absolute Gasteiger partial charge is 0.0562 e. The van der Waals surface area contributed by atoms with E-state index < -0.39 is 0 Å². The Morgan fingerprint density at radius 3 is 1.66 bits per heavy atom. The molecule has 11 aromatic rings. The second kappa shape index (κ2) is 14.1. The zero-order valence-electron chi connectivity index (χ0n) is 31.8. The van der Waals surface area contributed by atoms with Crippen molar-refractivity contribution >= 4 is 60.4 Å². The van der Waals surface area contributed by atoms with E-state index in [0.29, 0.717) is 0 Å². The zero-order chi connectivity index (χ0) is 38.4. The average molecular weight is 739 g/mol. The predicted octanol–water partition coefficient (Wildman–Crippen LogP) is 15.6. The highest BCUT2D eigenvalue weighted by atomic mass is 15.1. The summed E-state index contributed by atoms with van der Waals surface area (Å²) in [6, 6.07) is 83.8. The van der Waals surface area contributed by atoms with Gasteiger partial charge in [0.05, 0.1) is 28.1 Å². The van der Waals surface area contributed by atoms with E-state index in [9.17, 15) is 0 Å². The van der Waals surface area contributed by atoms with Crippen molar-refractivity contribution in [2.24, 2.45) is 0 Å². The number of fused-ring (bicyclic) bond motifs is 5. The lowest BCUT2D eigenvalue weighted by Gasteiger charge is -2.29. The van der Waals surface area contributed by atoms with E-state index in [1.54, 1.807) is 0 Å². The van der Waals surface area contributed by atoms with Gasteiger partial charge in [0, 0.05) is 33.0 Å². The Hall–Kier alpha value is -7.68. The van der Waals surface area contributed by atoms with Gasteiger partial charge in [-0.1, -0.05) is 194 Å². The van der Waals surface area contributed by atoms with Crippen molar-refractivity contribution in [1.82, 2.24) is 4.57 Å². The molecule has 2 nitrogen and oxygen atoms in total. The average Bonchev–Trinajstić information content (AvgIpc) is 3.63. The van der Waals surface area contributed by atoms with Gasteiger partial charge in [-0.25, -0.2) is 0 Å². The molecule has 0 N–H and O–H groups in total. The molecule has 58 heavy (non-hydrogen) atoms. The first-order chi connectivity index (χ1) is 28.8. The van der Waals surface area contributed by atoms with Gasteiger partial charge in [-0.05, 0) is 74.8 Å². The van der Waals surface area contributed by atoms with Gasteiger partial charge < -0.3 is 9.47 Å². The molecule has 10 aromatic carbocycles. The minimum absolute atomic E-state index is 1.09. The van der Waals surface area contributed by atoms with E-state index in [1.165, 1.54) is 65.7 Å². The van der Waals surface area contributed by atoms with Crippen LogP contribution in [0.15, 0.2) is 231 Å². The topological polar surface area (TPSA) is 8.17 Å². The SMILES string of the molecule is c1ccc(-c2ccc(-c3ccccc3N(c3ccc4c5ccccc5n(-c5ccccc5-c5cccc6ccccc56)c4c3)c3cccc4ccccc34)cc2)cc1. The Balaban J connectivity index is 1.16. The van der Waals surface area contributed by atoms with E-state index in [2.05, 4.69) is 240 Å². The molecule has 0 saturated carbocycles. The first kappa shape index (κ1) is 33.6. The first-order valence-electron chi connectivity index (χ1n) is 19.9. The molecule has 0 fully saturated rings. The molecule has 2 heteroatoms. The Morgan fingerprint density at radius 2 is 0.828 bits per heavy atom. The second-order valence-corrected chi connectivity index (χ2v) is 14.9. The molecule has 11 rings (SSSR count). The molecule has 0 aliphatic rings. The van der Waals surface area contributed by atoms with Crippen LogP contribution in [0.5, 0.6) is 0 Å². The van der Waals surface area contributed by atoms with Crippen LogP contribution in [0.1, 0.15) is 0 Å². The molecule has 0 saturated heterocycles. The Morgan fingerprint density at radius 1 is 0.293 bits per heavy atom. The lowest BCUT2D eigenvalue weighted by atomic mass is 9.97. The molecule has 1 heterocycles. The fourth-order valence-electron chi connectivity index (χ4n) is 8.91. The first-order valence-corrected chi connectivity index (χ1v) is 19.9. The van der Waals surface area contributed by atoms with E-state index >= 15 is 0 Å². The maximum Gasteiger partial charge on any atom is 0.0562 e. The number of nitrogens with zero attached hydrogens (tertiary/aromatic N) is 2. The fourth-order valence-corrected chi connectivity index (χ4v) is 8.91. The molecule has 0 atom stereocenters. The van der Waals surface area contributed by atoms with Crippen LogP contribution < -0.4 is 4.90 Å². The van der Waals surface area contributed by atoms with Gasteiger partial charge in [0.1, 0.15) is 0 Å². The van der Waals surface area contributed by atoms with Crippen LogP contribution in [0.4, 0.5) is 17.1 Å². The normalized spacial score (nSPS) is 11.4. The summed E-state index contributed by atoms with van der Waals surface area (Å²) in [5.74, 6) is 0. The van der Waals surface area contributed by atoms with Crippen molar-refractivity contribution in [2.75, 3.05) is 4.90 Å². The van der Waals surface area contributed by atoms with Crippen LogP contribution in [0.3, 0.4) is 0 Å². The summed E-state index contributed by atoms with van der Waals surface area (Å²) in [7, 11) is 0. The molecule has 0 radical (unpaired) electrons. The van der Waals surface area contributed by atoms with E-state index in [4.69, 9.17) is 0 Å². The van der Waals surface area contributed by atoms with Gasteiger partial charge in [-0.15, -0.1) is 0 Å². The third-order valence-electron chi connectivity index (χ3n) is 11.6. The van der Waals surface area contributed by atoms with Crippen molar-refractivity contribution in [3.05, 3.63) is 231 Å². The van der Waals surface area contributed by atoms with Crippen molar-refractivity contribution in [3.8, 4) is 39.1 Å². The third kappa shape index (κ3) is 5.66. The predicted molar refractivity (Wildman–Crippen MR) is 247 cm³/mol. The Bertz CT molecular complexity index is 3270. The molecule has 1 aromatic heterocycles. The van der Waals surface area contributed by atoms with Crippen molar-refractivity contribution in [3.63, 3.8) is 0 Å². The van der Waals surface area contributed by atoms with E-state index in [0.717, 1.165) is 33.8 Å². The van der Waals surface area contributed by atoms with Gasteiger partial charge in [-0.3, -0.25) is 0 Å². The largest absolute Gasteiger partial charge is 0.309 e. The number of aromatic nitrogens is 1. The maximum absolute atomic E-state index is 2.47. The summed E-state index contributed by atoms with van der Waals surface area (Å²) in [5.41, 5.74) is 14.0. The highest BCUT2D eigenvalue weighted by molar-refractivity contribution is 6.12. The van der Waals surface area contributed by atoms with Crippen LogP contribution >= 0.6 is 0 Å². The minimum Gasteiger partial charge on any atom is -0.309 e. The summed E-state index contributed by atoms with van der Waals surface area (Å²) in [5, 5.41) is 7.32. The van der Waals surface area contributed by atoms with Gasteiger partial charge >= 0.3 is 0 Å². The lowest BCUT2D eigenvalue weighted by Crippen LogP contribution is -2.12. The van der Waals surface area contributed by atoms with Crippen molar-refractivity contribution in [1.29, 1.82) is 0 Å². The van der Waals surface area contributed by atoms with Crippen LogP contribution in [-0.4, -0.2) is 4.57 Å². The minimum atomic E-state index is 1.09. The molecule has 0 aliphatic carbocycles. The zero-order valence-corrected chi connectivity index (χ0v) is 31.8. The van der Waals surface area contributed by atoms with E-state index in [-0.39, 0.29) is 0 Å². The quantitative estimate of drug-likeness (QED) is 0.158. The molecular weight excluding hydrogens is 701 g/mol. The van der Waals surface area contributed by atoms with Gasteiger partial charge in [0.15, 0.2) is 0 Å². The third-order valence-corrected chi connectivity index (χ3v) is 11.6. The summed E-state index contributed by atoms with van der Waals surface area (Å²) < 4.78 is 2.47. The van der Waals surface area contributed by atoms with Crippen LogP contribution in [0.2, 0.25) is 0 Å².